The number of hydrogen-bond donors (Lipinski definition) is 4. The van der Waals surface area contributed by atoms with E-state index in [1.54, 1.807) is 6.92 Å². The molecule has 0 saturated heterocycles. The number of carbonyl (C=O) groups excluding carboxylic acids is 1. The standard InChI is InChI=1S/C6H14N4O/c1-3-9-6(11)5(10-8)4(2)7/h10H,3,7-8H2,1-2H3,(H,9,11)/b5-4-. The minimum atomic E-state index is -0.282. The lowest BCUT2D eigenvalue weighted by molar-refractivity contribution is -0.117. The van der Waals surface area contributed by atoms with Crippen molar-refractivity contribution in [1.29, 1.82) is 0 Å². The van der Waals surface area contributed by atoms with E-state index in [9.17, 15) is 4.79 Å². The van der Waals surface area contributed by atoms with E-state index in [-0.39, 0.29) is 11.6 Å². The van der Waals surface area contributed by atoms with Crippen LogP contribution >= 0.6 is 0 Å². The number of nitrogens with two attached hydrogens (primary N) is 2. The molecule has 0 aromatic carbocycles. The minimum Gasteiger partial charge on any atom is -0.400 e. The van der Waals surface area contributed by atoms with Crippen molar-refractivity contribution in [3.05, 3.63) is 11.4 Å². The van der Waals surface area contributed by atoms with Crippen LogP contribution in [0.4, 0.5) is 0 Å². The van der Waals surface area contributed by atoms with Gasteiger partial charge in [0, 0.05) is 12.2 Å². The van der Waals surface area contributed by atoms with E-state index in [0.717, 1.165) is 0 Å². The van der Waals surface area contributed by atoms with Gasteiger partial charge in [-0.3, -0.25) is 10.6 Å². The maximum Gasteiger partial charge on any atom is 0.270 e. The third-order valence-electron chi connectivity index (χ3n) is 1.10. The highest BCUT2D eigenvalue weighted by molar-refractivity contribution is 5.93. The summed E-state index contributed by atoms with van der Waals surface area (Å²) < 4.78 is 0. The molecule has 0 atom stereocenters. The Balaban J connectivity index is 4.28. The molecule has 64 valence electrons. The van der Waals surface area contributed by atoms with Crippen molar-refractivity contribution >= 4 is 5.91 Å². The molecule has 0 saturated carbocycles. The summed E-state index contributed by atoms with van der Waals surface area (Å²) in [5.74, 6) is 4.77. The maximum absolute atomic E-state index is 11.0. The summed E-state index contributed by atoms with van der Waals surface area (Å²) in [5.41, 5.74) is 8.17. The van der Waals surface area contributed by atoms with Crippen LogP contribution in [0, 0.1) is 0 Å². The zero-order valence-corrected chi connectivity index (χ0v) is 6.77. The summed E-state index contributed by atoms with van der Waals surface area (Å²) in [5, 5.41) is 2.56. The van der Waals surface area contributed by atoms with E-state index in [2.05, 4.69) is 10.7 Å². The molecule has 0 radical (unpaired) electrons. The van der Waals surface area contributed by atoms with Crippen molar-refractivity contribution in [1.82, 2.24) is 10.7 Å². The molecule has 0 spiro atoms. The van der Waals surface area contributed by atoms with Crippen LogP contribution in [0.5, 0.6) is 0 Å². The van der Waals surface area contributed by atoms with Gasteiger partial charge in [0.05, 0.1) is 0 Å². The summed E-state index contributed by atoms with van der Waals surface area (Å²) >= 11 is 0. The van der Waals surface area contributed by atoms with E-state index < -0.39 is 0 Å². The molecular formula is C6H14N4O. The Hall–Kier alpha value is -1.23. The zero-order valence-electron chi connectivity index (χ0n) is 6.77. The molecule has 0 aromatic rings. The molecule has 0 bridgehead atoms. The van der Waals surface area contributed by atoms with Crippen molar-refractivity contribution in [3.8, 4) is 0 Å². The van der Waals surface area contributed by atoms with Gasteiger partial charge in [-0.25, -0.2) is 0 Å². The smallest absolute Gasteiger partial charge is 0.270 e. The van der Waals surface area contributed by atoms with E-state index in [0.29, 0.717) is 12.2 Å². The third-order valence-corrected chi connectivity index (χ3v) is 1.10. The fourth-order valence-corrected chi connectivity index (χ4v) is 0.607. The number of rotatable bonds is 3. The first-order valence-electron chi connectivity index (χ1n) is 3.34. The van der Waals surface area contributed by atoms with E-state index in [4.69, 9.17) is 11.6 Å². The van der Waals surface area contributed by atoms with Gasteiger partial charge in [0.15, 0.2) is 0 Å². The SMILES string of the molecule is CCNC(=O)/C(NN)=C(\C)N. The minimum absolute atomic E-state index is 0.215. The Bertz CT molecular complexity index is 171. The number of hydrogen-bond acceptors (Lipinski definition) is 4. The second-order valence-electron chi connectivity index (χ2n) is 2.06. The average molecular weight is 158 g/mol. The van der Waals surface area contributed by atoms with Crippen LogP contribution in [0.25, 0.3) is 0 Å². The van der Waals surface area contributed by atoms with Crippen molar-refractivity contribution in [2.24, 2.45) is 11.6 Å². The van der Waals surface area contributed by atoms with Crippen LogP contribution in [0.3, 0.4) is 0 Å². The second-order valence-corrected chi connectivity index (χ2v) is 2.06. The summed E-state index contributed by atoms with van der Waals surface area (Å²) in [6.45, 7) is 3.97. The predicted octanol–water partition coefficient (Wildman–Crippen LogP) is -1.22. The molecule has 0 aliphatic rings. The fourth-order valence-electron chi connectivity index (χ4n) is 0.607. The van der Waals surface area contributed by atoms with Gasteiger partial charge in [0.2, 0.25) is 0 Å². The highest BCUT2D eigenvalue weighted by Gasteiger charge is 2.07. The normalized spacial score (nSPS) is 11.9. The van der Waals surface area contributed by atoms with Crippen LogP contribution in [0.15, 0.2) is 11.4 Å². The van der Waals surface area contributed by atoms with Crippen LogP contribution in [-0.2, 0) is 4.79 Å². The average Bonchev–Trinajstić information content (AvgIpc) is 1.88. The molecule has 5 nitrogen and oxygen atoms in total. The van der Waals surface area contributed by atoms with Crippen molar-refractivity contribution < 1.29 is 4.79 Å². The van der Waals surface area contributed by atoms with E-state index in [1.807, 2.05) is 6.92 Å². The molecule has 0 heterocycles. The van der Waals surface area contributed by atoms with Gasteiger partial charge in [0.25, 0.3) is 5.91 Å². The number of allylic oxidation sites excluding steroid dienone is 1. The van der Waals surface area contributed by atoms with Crippen LogP contribution < -0.4 is 22.3 Å². The lowest BCUT2D eigenvalue weighted by Gasteiger charge is -2.07. The number of carbonyl (C=O) groups is 1. The van der Waals surface area contributed by atoms with Crippen molar-refractivity contribution in [2.45, 2.75) is 13.8 Å². The largest absolute Gasteiger partial charge is 0.400 e. The Labute approximate surface area is 65.8 Å². The first-order chi connectivity index (χ1) is 5.13. The second kappa shape index (κ2) is 4.56. The first kappa shape index (κ1) is 9.77. The molecule has 11 heavy (non-hydrogen) atoms. The number of hydrazine groups is 1. The lowest BCUT2D eigenvalue weighted by atomic mass is 10.3. The Kier molecular flexibility index (Phi) is 4.05. The lowest BCUT2D eigenvalue weighted by Crippen LogP contribution is -2.36. The van der Waals surface area contributed by atoms with Gasteiger partial charge >= 0.3 is 0 Å². The molecule has 0 aliphatic carbocycles. The van der Waals surface area contributed by atoms with Gasteiger partial charge in [-0.1, -0.05) is 0 Å². The molecular weight excluding hydrogens is 144 g/mol. The number of amides is 1. The Morgan fingerprint density at radius 3 is 2.36 bits per heavy atom. The monoisotopic (exact) mass is 158 g/mol. The molecule has 0 aliphatic heterocycles. The van der Waals surface area contributed by atoms with Crippen LogP contribution in [0.1, 0.15) is 13.8 Å². The van der Waals surface area contributed by atoms with Crippen molar-refractivity contribution in [3.63, 3.8) is 0 Å². The number of nitrogens with one attached hydrogen (secondary N) is 2. The summed E-state index contributed by atoms with van der Waals surface area (Å²) in [6.07, 6.45) is 0. The zero-order chi connectivity index (χ0) is 8.85. The molecule has 1 amide bonds. The topological polar surface area (TPSA) is 93.2 Å². The Morgan fingerprint density at radius 2 is 2.09 bits per heavy atom. The number of likely N-dealkylation sites (N-methyl/N-ethyl adjacent to an activating group) is 1. The van der Waals surface area contributed by atoms with Crippen LogP contribution in [0.2, 0.25) is 0 Å². The molecule has 0 fully saturated rings. The van der Waals surface area contributed by atoms with Gasteiger partial charge in [-0.15, -0.1) is 0 Å². The molecule has 0 aromatic heterocycles. The van der Waals surface area contributed by atoms with Gasteiger partial charge < -0.3 is 16.5 Å². The summed E-state index contributed by atoms with van der Waals surface area (Å²) in [4.78, 5) is 11.0. The van der Waals surface area contributed by atoms with Gasteiger partial charge in [-0.2, -0.15) is 0 Å². The van der Waals surface area contributed by atoms with Crippen molar-refractivity contribution in [2.75, 3.05) is 6.54 Å². The first-order valence-corrected chi connectivity index (χ1v) is 3.34. The van der Waals surface area contributed by atoms with Gasteiger partial charge in [0.1, 0.15) is 5.70 Å². The molecule has 0 unspecified atom stereocenters. The summed E-state index contributed by atoms with van der Waals surface area (Å²) in [6, 6.07) is 0. The quantitative estimate of drug-likeness (QED) is 0.235. The highest BCUT2D eigenvalue weighted by atomic mass is 16.2. The maximum atomic E-state index is 11.0. The fraction of sp³-hybridized carbons (Fsp3) is 0.500. The van der Waals surface area contributed by atoms with Crippen LogP contribution in [-0.4, -0.2) is 12.5 Å². The Morgan fingerprint density at radius 1 is 1.55 bits per heavy atom. The molecule has 0 rings (SSSR count). The predicted molar refractivity (Wildman–Crippen MR) is 42.9 cm³/mol. The van der Waals surface area contributed by atoms with E-state index >= 15 is 0 Å². The highest BCUT2D eigenvalue weighted by Crippen LogP contribution is 1.90. The molecule has 6 N–H and O–H groups in total. The summed E-state index contributed by atoms with van der Waals surface area (Å²) in [7, 11) is 0. The molecule has 5 heteroatoms. The van der Waals surface area contributed by atoms with E-state index in [1.165, 1.54) is 0 Å². The third kappa shape index (κ3) is 2.90. The van der Waals surface area contributed by atoms with Gasteiger partial charge in [-0.05, 0) is 13.8 Å².